The fourth-order valence-electron chi connectivity index (χ4n) is 3.64. The molecule has 0 aliphatic heterocycles. The lowest BCUT2D eigenvalue weighted by atomic mass is 9.87. The molecule has 2 aromatic rings. The first-order chi connectivity index (χ1) is 13.3. The van der Waals surface area contributed by atoms with Gasteiger partial charge < -0.3 is 15.4 Å². The summed E-state index contributed by atoms with van der Waals surface area (Å²) in [5.41, 5.74) is 0.189. The Hall–Kier alpha value is -2.28. The number of rotatable bonds is 5. The van der Waals surface area contributed by atoms with Gasteiger partial charge in [-0.25, -0.2) is 0 Å². The average molecular weight is 408 g/mol. The van der Waals surface area contributed by atoms with Crippen molar-refractivity contribution in [3.05, 3.63) is 59.7 Å². The minimum Gasteiger partial charge on any atom is -0.494 e. The maximum Gasteiger partial charge on any atom is 0.416 e. The first-order valence-electron chi connectivity index (χ1n) is 9.32. The topological polar surface area (TPSA) is 33.3 Å². The fourth-order valence-corrected chi connectivity index (χ4v) is 3.95. The Morgan fingerprint density at radius 2 is 1.79 bits per heavy atom. The van der Waals surface area contributed by atoms with Gasteiger partial charge in [-0.15, -0.1) is 0 Å². The first-order valence-corrected chi connectivity index (χ1v) is 9.73. The van der Waals surface area contributed by atoms with Gasteiger partial charge in [0.25, 0.3) is 0 Å². The molecule has 1 aliphatic rings. The van der Waals surface area contributed by atoms with E-state index in [2.05, 4.69) is 10.6 Å². The molecule has 2 aromatic carbocycles. The second kappa shape index (κ2) is 8.39. The second-order valence-electron chi connectivity index (χ2n) is 6.90. The van der Waals surface area contributed by atoms with Gasteiger partial charge >= 0.3 is 6.18 Å². The number of halogens is 3. The molecule has 2 N–H and O–H groups in total. The van der Waals surface area contributed by atoms with Crippen LogP contribution >= 0.6 is 12.2 Å². The van der Waals surface area contributed by atoms with Gasteiger partial charge in [-0.1, -0.05) is 25.0 Å². The van der Waals surface area contributed by atoms with Crippen molar-refractivity contribution in [1.29, 1.82) is 0 Å². The van der Waals surface area contributed by atoms with E-state index in [1.54, 1.807) is 6.07 Å². The van der Waals surface area contributed by atoms with Crippen molar-refractivity contribution in [1.82, 2.24) is 5.32 Å². The normalized spacial score (nSPS) is 15.9. The Bertz CT molecular complexity index is 815. The molecule has 150 valence electrons. The highest BCUT2D eigenvalue weighted by atomic mass is 32.1. The van der Waals surface area contributed by atoms with E-state index in [1.807, 2.05) is 31.2 Å². The zero-order valence-electron chi connectivity index (χ0n) is 15.6. The van der Waals surface area contributed by atoms with Crippen LogP contribution in [0.1, 0.15) is 43.7 Å². The summed E-state index contributed by atoms with van der Waals surface area (Å²) >= 11 is 5.46. The summed E-state index contributed by atoms with van der Waals surface area (Å²) in [5, 5.41) is 6.81. The number of benzene rings is 2. The molecular formula is C21H23F3N2OS. The first kappa shape index (κ1) is 20.5. The number of anilines is 1. The van der Waals surface area contributed by atoms with E-state index in [0.29, 0.717) is 17.3 Å². The van der Waals surface area contributed by atoms with Crippen LogP contribution in [0.4, 0.5) is 18.9 Å². The van der Waals surface area contributed by atoms with Crippen LogP contribution in [0.15, 0.2) is 48.5 Å². The second-order valence-corrected chi connectivity index (χ2v) is 7.31. The van der Waals surface area contributed by atoms with E-state index in [-0.39, 0.29) is 0 Å². The summed E-state index contributed by atoms with van der Waals surface area (Å²) in [6.07, 6.45) is -1.01. The van der Waals surface area contributed by atoms with Crippen molar-refractivity contribution in [3.8, 4) is 5.75 Å². The predicted molar refractivity (Wildman–Crippen MR) is 109 cm³/mol. The van der Waals surface area contributed by atoms with E-state index in [0.717, 1.165) is 43.2 Å². The van der Waals surface area contributed by atoms with Crippen LogP contribution in [0.2, 0.25) is 0 Å². The molecule has 28 heavy (non-hydrogen) atoms. The fraction of sp³-hybridized carbons (Fsp3) is 0.381. The molecule has 1 fully saturated rings. The molecule has 0 radical (unpaired) electrons. The van der Waals surface area contributed by atoms with Crippen LogP contribution in [0.3, 0.4) is 0 Å². The number of hydrogen-bond acceptors (Lipinski definition) is 2. The summed E-state index contributed by atoms with van der Waals surface area (Å²) in [6, 6.07) is 12.9. The monoisotopic (exact) mass is 408 g/mol. The van der Waals surface area contributed by atoms with Crippen LogP contribution in [0, 0.1) is 0 Å². The molecule has 0 spiro atoms. The molecule has 3 rings (SSSR count). The Balaban J connectivity index is 1.76. The minimum absolute atomic E-state index is 0.392. The van der Waals surface area contributed by atoms with E-state index in [1.165, 1.54) is 12.1 Å². The van der Waals surface area contributed by atoms with Gasteiger partial charge in [-0.3, -0.25) is 0 Å². The van der Waals surface area contributed by atoms with Crippen molar-refractivity contribution >= 4 is 23.0 Å². The van der Waals surface area contributed by atoms with Crippen molar-refractivity contribution < 1.29 is 17.9 Å². The third-order valence-corrected chi connectivity index (χ3v) is 5.18. The van der Waals surface area contributed by atoms with Crippen molar-refractivity contribution in [2.75, 3.05) is 11.9 Å². The molecule has 0 amide bonds. The van der Waals surface area contributed by atoms with E-state index >= 15 is 0 Å². The van der Waals surface area contributed by atoms with Crippen molar-refractivity contribution in [3.63, 3.8) is 0 Å². The Morgan fingerprint density at radius 1 is 1.11 bits per heavy atom. The van der Waals surface area contributed by atoms with Crippen LogP contribution in [0.25, 0.3) is 0 Å². The molecule has 0 unspecified atom stereocenters. The van der Waals surface area contributed by atoms with Crippen molar-refractivity contribution in [2.24, 2.45) is 0 Å². The zero-order chi connectivity index (χ0) is 20.2. The number of thiocarbonyl (C=S) groups is 1. The van der Waals surface area contributed by atoms with Gasteiger partial charge in [-0.05, 0) is 73.9 Å². The van der Waals surface area contributed by atoms with Gasteiger partial charge in [0.1, 0.15) is 5.75 Å². The molecule has 0 saturated heterocycles. The van der Waals surface area contributed by atoms with Crippen LogP contribution in [-0.2, 0) is 11.7 Å². The maximum absolute atomic E-state index is 13.1. The number of hydrogen-bond donors (Lipinski definition) is 2. The summed E-state index contributed by atoms with van der Waals surface area (Å²) in [7, 11) is 0. The van der Waals surface area contributed by atoms with Crippen LogP contribution in [0.5, 0.6) is 5.75 Å². The number of ether oxygens (including phenoxy) is 1. The van der Waals surface area contributed by atoms with E-state index < -0.39 is 17.3 Å². The molecule has 0 heterocycles. The van der Waals surface area contributed by atoms with Gasteiger partial charge in [0.15, 0.2) is 5.11 Å². The highest BCUT2D eigenvalue weighted by molar-refractivity contribution is 7.80. The number of nitrogens with one attached hydrogen (secondary N) is 2. The Morgan fingerprint density at radius 3 is 2.39 bits per heavy atom. The number of alkyl halides is 3. The molecule has 1 saturated carbocycles. The summed E-state index contributed by atoms with van der Waals surface area (Å²) < 4.78 is 44.9. The summed E-state index contributed by atoms with van der Waals surface area (Å²) in [5.74, 6) is 0.767. The lowest BCUT2D eigenvalue weighted by molar-refractivity contribution is -0.137. The van der Waals surface area contributed by atoms with Gasteiger partial charge in [0.2, 0.25) is 0 Å². The maximum atomic E-state index is 13.1. The smallest absolute Gasteiger partial charge is 0.416 e. The quantitative estimate of drug-likeness (QED) is 0.607. The molecule has 0 atom stereocenters. The summed E-state index contributed by atoms with van der Waals surface area (Å²) in [4.78, 5) is 0. The predicted octanol–water partition coefficient (Wildman–Crippen LogP) is 5.86. The zero-order valence-corrected chi connectivity index (χ0v) is 16.4. The SMILES string of the molecule is CCOc1ccc(NC(=S)NC2(c3cccc(C(F)(F)F)c3)CCCC2)cc1. The Kier molecular flexibility index (Phi) is 6.13. The van der Waals surface area contributed by atoms with Crippen LogP contribution in [-0.4, -0.2) is 11.7 Å². The van der Waals surface area contributed by atoms with Gasteiger partial charge in [0.05, 0.1) is 17.7 Å². The van der Waals surface area contributed by atoms with Gasteiger partial charge in [-0.2, -0.15) is 13.2 Å². The molecule has 0 bridgehead atoms. The van der Waals surface area contributed by atoms with E-state index in [9.17, 15) is 13.2 Å². The molecule has 7 heteroatoms. The largest absolute Gasteiger partial charge is 0.494 e. The standard InChI is InChI=1S/C21H23F3N2OS/c1-2-27-18-10-8-17(9-11-18)25-19(28)26-20(12-3-4-13-20)15-6-5-7-16(14-15)21(22,23)24/h5-11,14H,2-4,12-13H2,1H3,(H2,25,26,28). The third-order valence-electron chi connectivity index (χ3n) is 4.98. The van der Waals surface area contributed by atoms with Crippen molar-refractivity contribution in [2.45, 2.75) is 44.3 Å². The molecule has 0 aromatic heterocycles. The average Bonchev–Trinajstić information content (AvgIpc) is 3.12. The van der Waals surface area contributed by atoms with Gasteiger partial charge in [0, 0.05) is 5.69 Å². The summed E-state index contributed by atoms with van der Waals surface area (Å²) in [6.45, 7) is 2.51. The highest BCUT2D eigenvalue weighted by Crippen LogP contribution is 2.41. The molecule has 1 aliphatic carbocycles. The van der Waals surface area contributed by atoms with Crippen LogP contribution < -0.4 is 15.4 Å². The lowest BCUT2D eigenvalue weighted by Crippen LogP contribution is -2.45. The Labute approximate surface area is 168 Å². The molecule has 3 nitrogen and oxygen atoms in total. The highest BCUT2D eigenvalue weighted by Gasteiger charge is 2.38. The van der Waals surface area contributed by atoms with E-state index in [4.69, 9.17) is 17.0 Å². The lowest BCUT2D eigenvalue weighted by Gasteiger charge is -2.33. The minimum atomic E-state index is -4.36. The molecular weight excluding hydrogens is 385 g/mol. The third kappa shape index (κ3) is 4.76.